The molecule has 160 valence electrons. The number of anilines is 1. The zero-order valence-electron chi connectivity index (χ0n) is 17.3. The van der Waals surface area contributed by atoms with E-state index < -0.39 is 23.8 Å². The van der Waals surface area contributed by atoms with Crippen molar-refractivity contribution in [3.63, 3.8) is 0 Å². The van der Waals surface area contributed by atoms with Crippen LogP contribution in [0.2, 0.25) is 0 Å². The van der Waals surface area contributed by atoms with Gasteiger partial charge in [-0.1, -0.05) is 18.2 Å². The van der Waals surface area contributed by atoms with Gasteiger partial charge in [0.15, 0.2) is 0 Å². The lowest BCUT2D eigenvalue weighted by Gasteiger charge is -2.28. The lowest BCUT2D eigenvalue weighted by atomic mass is 10.0. The summed E-state index contributed by atoms with van der Waals surface area (Å²) >= 11 is 0. The van der Waals surface area contributed by atoms with Crippen molar-refractivity contribution < 1.29 is 24.3 Å². The first-order chi connectivity index (χ1) is 15.3. The lowest BCUT2D eigenvalue weighted by Crippen LogP contribution is -2.54. The van der Waals surface area contributed by atoms with Gasteiger partial charge in [-0.05, 0) is 67.4 Å². The molecule has 2 heterocycles. The first-order valence-corrected chi connectivity index (χ1v) is 9.76. The van der Waals surface area contributed by atoms with Gasteiger partial charge in [-0.25, -0.2) is 14.5 Å². The van der Waals surface area contributed by atoms with E-state index in [9.17, 15) is 24.3 Å². The zero-order valence-corrected chi connectivity index (χ0v) is 17.3. The fraction of sp³-hybridized carbons (Fsp3) is 0.0833. The van der Waals surface area contributed by atoms with Gasteiger partial charge in [0.1, 0.15) is 5.57 Å². The molecule has 1 aliphatic rings. The van der Waals surface area contributed by atoms with Crippen LogP contribution in [-0.2, 0) is 9.59 Å². The van der Waals surface area contributed by atoms with Gasteiger partial charge in [0.05, 0.1) is 11.3 Å². The smallest absolute Gasteiger partial charge is 0.335 e. The molecule has 8 heteroatoms. The fourth-order valence-electron chi connectivity index (χ4n) is 3.54. The van der Waals surface area contributed by atoms with Crippen molar-refractivity contribution in [1.29, 1.82) is 0 Å². The maximum Gasteiger partial charge on any atom is 0.335 e. The predicted octanol–water partition coefficient (Wildman–Crippen LogP) is 3.46. The van der Waals surface area contributed by atoms with Crippen LogP contribution in [0.15, 0.2) is 66.4 Å². The first kappa shape index (κ1) is 20.8. The number of benzene rings is 2. The normalized spacial score (nSPS) is 15.2. The molecule has 32 heavy (non-hydrogen) atoms. The molecule has 0 spiro atoms. The number of carboxylic acids is 1. The van der Waals surface area contributed by atoms with Crippen LogP contribution in [0.4, 0.5) is 10.5 Å². The minimum Gasteiger partial charge on any atom is -0.478 e. The minimum atomic E-state index is -1.07. The summed E-state index contributed by atoms with van der Waals surface area (Å²) in [5.41, 5.74) is 2.97. The standard InChI is InChI=1S/C24H19N3O5/c1-14-6-3-10-20(15(14)2)27-22(29)19(21(28)25-24(27)32)13-18-9-5-11-26(18)17-8-4-7-16(12-17)23(30)31/h3-13H,1-2H3,(H,30,31)(H,25,28,32)/b19-13+. The Balaban J connectivity index is 1.77. The highest BCUT2D eigenvalue weighted by Crippen LogP contribution is 2.27. The molecule has 1 fully saturated rings. The Morgan fingerprint density at radius 1 is 1.00 bits per heavy atom. The summed E-state index contributed by atoms with van der Waals surface area (Å²) in [6.07, 6.45) is 3.07. The van der Waals surface area contributed by atoms with Gasteiger partial charge in [0, 0.05) is 17.6 Å². The number of aromatic carboxylic acids is 1. The van der Waals surface area contributed by atoms with Crippen LogP contribution in [0.1, 0.15) is 27.2 Å². The minimum absolute atomic E-state index is 0.105. The Kier molecular flexibility index (Phi) is 5.19. The Labute approximate surface area is 183 Å². The summed E-state index contributed by atoms with van der Waals surface area (Å²) in [6, 6.07) is 14.1. The Hall–Kier alpha value is -4.46. The molecule has 0 saturated carbocycles. The van der Waals surface area contributed by atoms with E-state index >= 15 is 0 Å². The predicted molar refractivity (Wildman–Crippen MR) is 118 cm³/mol. The average Bonchev–Trinajstić information content (AvgIpc) is 3.22. The third-order valence-electron chi connectivity index (χ3n) is 5.36. The van der Waals surface area contributed by atoms with E-state index in [-0.39, 0.29) is 11.1 Å². The number of aromatic nitrogens is 1. The van der Waals surface area contributed by atoms with Crippen molar-refractivity contribution in [3.05, 3.63) is 88.8 Å². The van der Waals surface area contributed by atoms with Crippen molar-refractivity contribution in [1.82, 2.24) is 9.88 Å². The number of carbonyl (C=O) groups is 4. The lowest BCUT2D eigenvalue weighted by molar-refractivity contribution is -0.122. The number of amides is 4. The van der Waals surface area contributed by atoms with E-state index in [1.807, 2.05) is 13.0 Å². The molecule has 0 aliphatic carbocycles. The first-order valence-electron chi connectivity index (χ1n) is 9.76. The number of carbonyl (C=O) groups excluding carboxylic acids is 3. The molecule has 4 amide bonds. The van der Waals surface area contributed by atoms with Crippen LogP contribution >= 0.6 is 0 Å². The molecule has 0 radical (unpaired) electrons. The summed E-state index contributed by atoms with van der Waals surface area (Å²) in [4.78, 5) is 50.5. The van der Waals surface area contributed by atoms with Gasteiger partial charge in [0.25, 0.3) is 11.8 Å². The summed E-state index contributed by atoms with van der Waals surface area (Å²) in [5, 5.41) is 11.5. The highest BCUT2D eigenvalue weighted by molar-refractivity contribution is 6.39. The van der Waals surface area contributed by atoms with Crippen molar-refractivity contribution >= 4 is 35.6 Å². The second-order valence-corrected chi connectivity index (χ2v) is 7.34. The number of imide groups is 2. The number of aryl methyl sites for hydroxylation is 1. The summed E-state index contributed by atoms with van der Waals surface area (Å²) in [6.45, 7) is 3.66. The molecule has 2 aromatic carbocycles. The summed E-state index contributed by atoms with van der Waals surface area (Å²) < 4.78 is 1.65. The van der Waals surface area contributed by atoms with Crippen molar-refractivity contribution in [3.8, 4) is 5.69 Å². The third kappa shape index (κ3) is 3.58. The van der Waals surface area contributed by atoms with E-state index in [1.165, 1.54) is 18.2 Å². The second kappa shape index (κ2) is 7.99. The van der Waals surface area contributed by atoms with Gasteiger partial charge in [-0.3, -0.25) is 14.9 Å². The van der Waals surface area contributed by atoms with Gasteiger partial charge < -0.3 is 9.67 Å². The van der Waals surface area contributed by atoms with Crippen molar-refractivity contribution in [2.45, 2.75) is 13.8 Å². The van der Waals surface area contributed by atoms with E-state index in [0.717, 1.165) is 16.0 Å². The number of rotatable bonds is 4. The highest BCUT2D eigenvalue weighted by atomic mass is 16.4. The van der Waals surface area contributed by atoms with Crippen LogP contribution in [0.25, 0.3) is 11.8 Å². The molecule has 3 aromatic rings. The Morgan fingerprint density at radius 3 is 2.50 bits per heavy atom. The van der Waals surface area contributed by atoms with Crippen LogP contribution in [0, 0.1) is 13.8 Å². The monoisotopic (exact) mass is 429 g/mol. The third-order valence-corrected chi connectivity index (χ3v) is 5.36. The molecule has 4 rings (SSSR count). The highest BCUT2D eigenvalue weighted by Gasteiger charge is 2.37. The molecular formula is C24H19N3O5. The van der Waals surface area contributed by atoms with Crippen LogP contribution in [0.3, 0.4) is 0 Å². The molecule has 0 bridgehead atoms. The van der Waals surface area contributed by atoms with Crippen molar-refractivity contribution in [2.75, 3.05) is 4.90 Å². The average molecular weight is 429 g/mol. The number of barbiturate groups is 1. The van der Waals surface area contributed by atoms with E-state index in [4.69, 9.17) is 0 Å². The quantitative estimate of drug-likeness (QED) is 0.488. The van der Waals surface area contributed by atoms with E-state index in [1.54, 1.807) is 54.1 Å². The molecular weight excluding hydrogens is 410 g/mol. The van der Waals surface area contributed by atoms with Crippen LogP contribution < -0.4 is 10.2 Å². The molecule has 8 nitrogen and oxygen atoms in total. The zero-order chi connectivity index (χ0) is 23.0. The molecule has 1 aliphatic heterocycles. The number of nitrogens with zero attached hydrogens (tertiary/aromatic N) is 2. The maximum absolute atomic E-state index is 13.2. The number of urea groups is 1. The van der Waals surface area contributed by atoms with Crippen molar-refractivity contribution in [2.24, 2.45) is 0 Å². The molecule has 1 aromatic heterocycles. The molecule has 2 N–H and O–H groups in total. The topological polar surface area (TPSA) is 109 Å². The van der Waals surface area contributed by atoms with Gasteiger partial charge in [0.2, 0.25) is 0 Å². The van der Waals surface area contributed by atoms with E-state index in [0.29, 0.717) is 17.1 Å². The van der Waals surface area contributed by atoms with Gasteiger partial charge in [-0.2, -0.15) is 0 Å². The molecule has 0 atom stereocenters. The van der Waals surface area contributed by atoms with E-state index in [2.05, 4.69) is 5.32 Å². The number of nitrogens with one attached hydrogen (secondary N) is 1. The largest absolute Gasteiger partial charge is 0.478 e. The maximum atomic E-state index is 13.2. The van der Waals surface area contributed by atoms with Crippen LogP contribution in [-0.4, -0.2) is 33.5 Å². The Bertz CT molecular complexity index is 1320. The SMILES string of the molecule is Cc1cccc(N2C(=O)NC(=O)/C(=C\c3cccn3-c3cccc(C(=O)O)c3)C2=O)c1C. The molecule has 0 unspecified atom stereocenters. The van der Waals surface area contributed by atoms with Gasteiger partial charge in [-0.15, -0.1) is 0 Å². The summed E-state index contributed by atoms with van der Waals surface area (Å²) in [5.74, 6) is -2.60. The fourth-order valence-corrected chi connectivity index (χ4v) is 3.54. The summed E-state index contributed by atoms with van der Waals surface area (Å²) in [7, 11) is 0. The second-order valence-electron chi connectivity index (χ2n) is 7.34. The number of hydrogen-bond donors (Lipinski definition) is 2. The van der Waals surface area contributed by atoms with Gasteiger partial charge >= 0.3 is 12.0 Å². The van der Waals surface area contributed by atoms with Crippen LogP contribution in [0.5, 0.6) is 0 Å². The number of hydrogen-bond acceptors (Lipinski definition) is 4. The molecule has 1 saturated heterocycles. The number of carboxylic acid groups (broad SMARTS) is 1. The Morgan fingerprint density at radius 2 is 1.75 bits per heavy atom.